The Balaban J connectivity index is 2.37. The topological polar surface area (TPSA) is 101 Å². The van der Waals surface area contributed by atoms with Crippen molar-refractivity contribution < 1.29 is 14.4 Å². The Morgan fingerprint density at radius 2 is 1.82 bits per heavy atom. The van der Waals surface area contributed by atoms with Gasteiger partial charge in [0.2, 0.25) is 17.7 Å². The number of carbonyl (C=O) groups is 3. The molecule has 0 aliphatic rings. The van der Waals surface area contributed by atoms with E-state index < -0.39 is 11.9 Å². The molecule has 0 fully saturated rings. The fourth-order valence-electron chi connectivity index (χ4n) is 1.96. The zero-order valence-corrected chi connectivity index (χ0v) is 12.8. The summed E-state index contributed by atoms with van der Waals surface area (Å²) in [5, 5.41) is 5.21. The number of primary amides is 1. The molecule has 0 bridgehead atoms. The van der Waals surface area contributed by atoms with Crippen LogP contribution in [0.15, 0.2) is 30.3 Å². The second-order valence-electron chi connectivity index (χ2n) is 5.06. The maximum Gasteiger partial charge on any atom is 0.240 e. The van der Waals surface area contributed by atoms with Crippen LogP contribution in [0.5, 0.6) is 0 Å². The van der Waals surface area contributed by atoms with Crippen molar-refractivity contribution in [2.75, 3.05) is 6.54 Å². The van der Waals surface area contributed by atoms with Crippen LogP contribution in [0.2, 0.25) is 0 Å². The fraction of sp³-hybridized carbons (Fsp3) is 0.438. The van der Waals surface area contributed by atoms with Gasteiger partial charge in [-0.05, 0) is 18.4 Å². The number of rotatable bonds is 9. The summed E-state index contributed by atoms with van der Waals surface area (Å²) in [5.74, 6) is -1.29. The highest BCUT2D eigenvalue weighted by Crippen LogP contribution is 1.99. The average molecular weight is 305 g/mol. The molecule has 120 valence electrons. The van der Waals surface area contributed by atoms with Crippen LogP contribution in [0, 0.1) is 0 Å². The normalized spacial score (nSPS) is 11.5. The molecule has 1 atom stereocenters. The van der Waals surface area contributed by atoms with E-state index in [1.807, 2.05) is 37.3 Å². The van der Waals surface area contributed by atoms with Crippen molar-refractivity contribution in [1.82, 2.24) is 10.6 Å². The number of nitrogens with two attached hydrogens (primary N) is 1. The minimum Gasteiger partial charge on any atom is -0.368 e. The van der Waals surface area contributed by atoms with Gasteiger partial charge in [-0.1, -0.05) is 37.3 Å². The third-order valence-corrected chi connectivity index (χ3v) is 3.12. The second kappa shape index (κ2) is 9.55. The highest BCUT2D eigenvalue weighted by Gasteiger charge is 2.20. The van der Waals surface area contributed by atoms with Gasteiger partial charge >= 0.3 is 0 Å². The summed E-state index contributed by atoms with van der Waals surface area (Å²) in [6.07, 6.45) is 1.54. The Bertz CT molecular complexity index is 503. The Labute approximate surface area is 130 Å². The van der Waals surface area contributed by atoms with E-state index in [1.165, 1.54) is 0 Å². The van der Waals surface area contributed by atoms with E-state index in [0.29, 0.717) is 25.8 Å². The molecule has 0 saturated heterocycles. The van der Waals surface area contributed by atoms with E-state index in [-0.39, 0.29) is 18.2 Å². The molecule has 0 spiro atoms. The summed E-state index contributed by atoms with van der Waals surface area (Å²) in [6.45, 7) is 2.33. The van der Waals surface area contributed by atoms with Gasteiger partial charge in [0.1, 0.15) is 6.04 Å². The van der Waals surface area contributed by atoms with Crippen molar-refractivity contribution in [2.24, 2.45) is 5.73 Å². The minimum atomic E-state index is -0.962. The summed E-state index contributed by atoms with van der Waals surface area (Å²) in [5.41, 5.74) is 6.33. The molecule has 0 heterocycles. The van der Waals surface area contributed by atoms with Crippen LogP contribution in [0.1, 0.15) is 31.7 Å². The lowest BCUT2D eigenvalue weighted by molar-refractivity contribution is -0.130. The maximum absolute atomic E-state index is 11.8. The largest absolute Gasteiger partial charge is 0.368 e. The molecule has 0 saturated carbocycles. The molecule has 0 aliphatic heterocycles. The zero-order valence-electron chi connectivity index (χ0n) is 12.8. The number of nitrogens with one attached hydrogen (secondary N) is 2. The summed E-state index contributed by atoms with van der Waals surface area (Å²) >= 11 is 0. The van der Waals surface area contributed by atoms with Gasteiger partial charge in [-0.15, -0.1) is 0 Å². The van der Waals surface area contributed by atoms with Crippen molar-refractivity contribution in [1.29, 1.82) is 0 Å². The Hall–Kier alpha value is -2.37. The predicted molar refractivity (Wildman–Crippen MR) is 83.8 cm³/mol. The molecule has 0 aliphatic carbocycles. The lowest BCUT2D eigenvalue weighted by atomic mass is 10.1. The smallest absolute Gasteiger partial charge is 0.240 e. The van der Waals surface area contributed by atoms with Crippen molar-refractivity contribution in [2.45, 2.75) is 38.6 Å². The summed E-state index contributed by atoms with van der Waals surface area (Å²) in [7, 11) is 0. The van der Waals surface area contributed by atoms with Crippen LogP contribution in [0.25, 0.3) is 0 Å². The summed E-state index contributed by atoms with van der Waals surface area (Å²) < 4.78 is 0. The van der Waals surface area contributed by atoms with E-state index in [2.05, 4.69) is 10.6 Å². The lowest BCUT2D eigenvalue weighted by Gasteiger charge is -2.15. The van der Waals surface area contributed by atoms with Crippen LogP contribution in [-0.2, 0) is 20.8 Å². The van der Waals surface area contributed by atoms with E-state index in [4.69, 9.17) is 5.73 Å². The fourth-order valence-corrected chi connectivity index (χ4v) is 1.96. The zero-order chi connectivity index (χ0) is 16.4. The molecule has 1 aromatic rings. The highest BCUT2D eigenvalue weighted by molar-refractivity contribution is 5.91. The number of benzene rings is 1. The van der Waals surface area contributed by atoms with Gasteiger partial charge < -0.3 is 16.4 Å². The van der Waals surface area contributed by atoms with E-state index in [1.54, 1.807) is 0 Å². The van der Waals surface area contributed by atoms with Crippen molar-refractivity contribution in [3.05, 3.63) is 35.9 Å². The Morgan fingerprint density at radius 3 is 2.41 bits per heavy atom. The first-order valence-corrected chi connectivity index (χ1v) is 7.42. The summed E-state index contributed by atoms with van der Waals surface area (Å²) in [4.78, 5) is 34.6. The van der Waals surface area contributed by atoms with Crippen LogP contribution in [-0.4, -0.2) is 30.3 Å². The van der Waals surface area contributed by atoms with E-state index in [9.17, 15) is 14.4 Å². The second-order valence-corrected chi connectivity index (χ2v) is 5.06. The molecular weight excluding hydrogens is 282 g/mol. The quantitative estimate of drug-likeness (QED) is 0.619. The monoisotopic (exact) mass is 305 g/mol. The van der Waals surface area contributed by atoms with Gasteiger partial charge in [0.05, 0.1) is 6.42 Å². The van der Waals surface area contributed by atoms with E-state index in [0.717, 1.165) is 5.56 Å². The van der Waals surface area contributed by atoms with Gasteiger partial charge in [0, 0.05) is 13.0 Å². The molecule has 1 aromatic carbocycles. The number of carbonyl (C=O) groups excluding carboxylic acids is 3. The molecule has 1 unspecified atom stereocenters. The minimum absolute atomic E-state index is 0.139. The molecule has 1 rings (SSSR count). The lowest BCUT2D eigenvalue weighted by Crippen LogP contribution is -2.47. The highest BCUT2D eigenvalue weighted by atomic mass is 16.2. The molecule has 22 heavy (non-hydrogen) atoms. The molecule has 4 N–H and O–H groups in total. The number of amides is 3. The number of hydrogen-bond donors (Lipinski definition) is 3. The molecule has 0 aromatic heterocycles. The van der Waals surface area contributed by atoms with Gasteiger partial charge in [-0.2, -0.15) is 0 Å². The van der Waals surface area contributed by atoms with Gasteiger partial charge in [0.15, 0.2) is 0 Å². The molecule has 3 amide bonds. The van der Waals surface area contributed by atoms with Gasteiger partial charge in [-0.25, -0.2) is 0 Å². The standard InChI is InChI=1S/C16H23N3O3/c1-2-6-14(20)19-13(16(17)22)11-15(21)18-10-9-12-7-4-3-5-8-12/h3-5,7-8,13H,2,6,9-11H2,1H3,(H2,17,22)(H,18,21)(H,19,20). The van der Waals surface area contributed by atoms with Crippen LogP contribution >= 0.6 is 0 Å². The third kappa shape index (κ3) is 6.88. The Kier molecular flexibility index (Phi) is 7.67. The van der Waals surface area contributed by atoms with Gasteiger partial charge in [-0.3, -0.25) is 14.4 Å². The van der Waals surface area contributed by atoms with Crippen molar-refractivity contribution in [3.63, 3.8) is 0 Å². The first kappa shape index (κ1) is 17.7. The maximum atomic E-state index is 11.8. The molecule has 6 heteroatoms. The van der Waals surface area contributed by atoms with Crippen LogP contribution < -0.4 is 16.4 Å². The molecule has 0 radical (unpaired) electrons. The van der Waals surface area contributed by atoms with Crippen LogP contribution in [0.3, 0.4) is 0 Å². The first-order valence-electron chi connectivity index (χ1n) is 7.42. The van der Waals surface area contributed by atoms with Crippen molar-refractivity contribution >= 4 is 17.7 Å². The number of hydrogen-bond acceptors (Lipinski definition) is 3. The summed E-state index contributed by atoms with van der Waals surface area (Å²) in [6, 6.07) is 8.79. The third-order valence-electron chi connectivity index (χ3n) is 3.12. The predicted octanol–water partition coefficient (Wildman–Crippen LogP) is 0.506. The SMILES string of the molecule is CCCC(=O)NC(CC(=O)NCCc1ccccc1)C(N)=O. The van der Waals surface area contributed by atoms with Crippen LogP contribution in [0.4, 0.5) is 0 Å². The van der Waals surface area contributed by atoms with E-state index >= 15 is 0 Å². The first-order chi connectivity index (χ1) is 10.5. The van der Waals surface area contributed by atoms with Crippen molar-refractivity contribution in [3.8, 4) is 0 Å². The molecular formula is C16H23N3O3. The average Bonchev–Trinajstić information content (AvgIpc) is 2.48. The molecule has 6 nitrogen and oxygen atoms in total. The van der Waals surface area contributed by atoms with Gasteiger partial charge in [0.25, 0.3) is 0 Å². The Morgan fingerprint density at radius 1 is 1.14 bits per heavy atom.